The lowest BCUT2D eigenvalue weighted by Gasteiger charge is -2.42. The number of ether oxygens (including phenoxy) is 3. The molecule has 0 N–H and O–H groups in total. The first kappa shape index (κ1) is 17.8. The quantitative estimate of drug-likeness (QED) is 0.605. The fourth-order valence-electron chi connectivity index (χ4n) is 4.05. The van der Waals surface area contributed by atoms with Gasteiger partial charge in [-0.05, 0) is 42.5 Å². The topological polar surface area (TPSA) is 48.0 Å². The largest absolute Gasteiger partial charge is 0.493 e. The molecule has 136 valence electrons. The van der Waals surface area contributed by atoms with Crippen molar-refractivity contribution in [3.8, 4) is 11.5 Å². The van der Waals surface area contributed by atoms with Crippen molar-refractivity contribution in [1.29, 1.82) is 0 Å². The summed E-state index contributed by atoms with van der Waals surface area (Å²) in [6.07, 6.45) is 3.26. The van der Waals surface area contributed by atoms with Crippen LogP contribution in [-0.2, 0) is 16.0 Å². The van der Waals surface area contributed by atoms with Gasteiger partial charge >= 0.3 is 5.97 Å². The number of fused-ring (bicyclic) bond motifs is 3. The maximum Gasteiger partial charge on any atom is 0.309 e. The van der Waals surface area contributed by atoms with Crippen LogP contribution < -0.4 is 9.47 Å². The second-order valence-electron chi connectivity index (χ2n) is 6.66. The molecule has 3 rings (SSSR count). The van der Waals surface area contributed by atoms with Gasteiger partial charge in [0.1, 0.15) is 0 Å². The van der Waals surface area contributed by atoms with E-state index >= 15 is 0 Å². The van der Waals surface area contributed by atoms with Gasteiger partial charge < -0.3 is 14.2 Å². The standard InChI is InChI=1S/C20H27NO4/c1-5-13-12-21-7-6-14-9-18(23-2)19(24-3)11-16(14)17(21)8-15(13)10-20(22)25-4/h9,11,17H,5-8,10,12H2,1-4H3. The molecule has 1 aromatic rings. The zero-order valence-corrected chi connectivity index (χ0v) is 15.6. The summed E-state index contributed by atoms with van der Waals surface area (Å²) >= 11 is 0. The molecule has 25 heavy (non-hydrogen) atoms. The first-order valence-corrected chi connectivity index (χ1v) is 8.86. The van der Waals surface area contributed by atoms with Crippen molar-refractivity contribution < 1.29 is 19.0 Å². The Morgan fingerprint density at radius 1 is 1.16 bits per heavy atom. The molecule has 5 nitrogen and oxygen atoms in total. The number of hydrogen-bond acceptors (Lipinski definition) is 5. The van der Waals surface area contributed by atoms with E-state index in [-0.39, 0.29) is 5.97 Å². The van der Waals surface area contributed by atoms with Crippen LogP contribution in [0.2, 0.25) is 0 Å². The van der Waals surface area contributed by atoms with E-state index < -0.39 is 0 Å². The smallest absolute Gasteiger partial charge is 0.309 e. The van der Waals surface area contributed by atoms with Gasteiger partial charge in [0, 0.05) is 19.1 Å². The van der Waals surface area contributed by atoms with Crippen LogP contribution >= 0.6 is 0 Å². The molecule has 0 aromatic heterocycles. The second kappa shape index (κ2) is 7.48. The predicted octanol–water partition coefficient (Wildman–Crippen LogP) is 3.28. The summed E-state index contributed by atoms with van der Waals surface area (Å²) < 4.78 is 15.9. The number of benzene rings is 1. The molecule has 1 aromatic carbocycles. The average Bonchev–Trinajstić information content (AvgIpc) is 2.65. The highest BCUT2D eigenvalue weighted by atomic mass is 16.5. The Bertz CT molecular complexity index is 695. The fraction of sp³-hybridized carbons (Fsp3) is 0.550. The first-order chi connectivity index (χ1) is 12.1. The Morgan fingerprint density at radius 2 is 1.88 bits per heavy atom. The molecule has 1 unspecified atom stereocenters. The SMILES string of the molecule is CCC1=C(CC(=O)OC)CC2c3cc(OC)c(OC)cc3CCN2C1. The molecule has 2 heterocycles. The van der Waals surface area contributed by atoms with Gasteiger partial charge in [0.05, 0.1) is 27.8 Å². The van der Waals surface area contributed by atoms with Gasteiger partial charge in [-0.1, -0.05) is 18.1 Å². The highest BCUT2D eigenvalue weighted by molar-refractivity contribution is 5.72. The monoisotopic (exact) mass is 345 g/mol. The maximum atomic E-state index is 11.8. The van der Waals surface area contributed by atoms with Crippen LogP contribution in [0.15, 0.2) is 23.3 Å². The summed E-state index contributed by atoms with van der Waals surface area (Å²) in [5, 5.41) is 0. The van der Waals surface area contributed by atoms with Gasteiger partial charge in [-0.2, -0.15) is 0 Å². The summed E-state index contributed by atoms with van der Waals surface area (Å²) in [6.45, 7) is 4.13. The average molecular weight is 345 g/mol. The molecule has 2 aliphatic rings. The Hall–Kier alpha value is -2.01. The molecule has 0 bridgehead atoms. The first-order valence-electron chi connectivity index (χ1n) is 8.86. The van der Waals surface area contributed by atoms with Crippen LogP contribution in [0.1, 0.15) is 43.4 Å². The summed E-state index contributed by atoms with van der Waals surface area (Å²) in [6, 6.07) is 4.50. The minimum absolute atomic E-state index is 0.155. The molecule has 0 radical (unpaired) electrons. The van der Waals surface area contributed by atoms with E-state index in [1.165, 1.54) is 29.4 Å². The molecule has 1 atom stereocenters. The van der Waals surface area contributed by atoms with Crippen molar-refractivity contribution in [3.05, 3.63) is 34.4 Å². The van der Waals surface area contributed by atoms with Crippen molar-refractivity contribution >= 4 is 5.97 Å². The van der Waals surface area contributed by atoms with Crippen LogP contribution in [0.3, 0.4) is 0 Å². The van der Waals surface area contributed by atoms with Crippen molar-refractivity contribution in [2.45, 2.75) is 38.6 Å². The number of nitrogens with zero attached hydrogens (tertiary/aromatic N) is 1. The molecule has 0 saturated carbocycles. The number of carbonyl (C=O) groups excluding carboxylic acids is 1. The predicted molar refractivity (Wildman–Crippen MR) is 96.1 cm³/mol. The molecule has 0 saturated heterocycles. The van der Waals surface area contributed by atoms with Crippen LogP contribution in [0, 0.1) is 0 Å². The molecule has 2 aliphatic heterocycles. The van der Waals surface area contributed by atoms with Gasteiger partial charge in [0.15, 0.2) is 11.5 Å². The Morgan fingerprint density at radius 3 is 2.52 bits per heavy atom. The van der Waals surface area contributed by atoms with E-state index in [4.69, 9.17) is 14.2 Å². The Kier molecular flexibility index (Phi) is 5.33. The Labute approximate surface area is 149 Å². The van der Waals surface area contributed by atoms with Crippen LogP contribution in [0.25, 0.3) is 0 Å². The zero-order valence-electron chi connectivity index (χ0n) is 15.6. The third kappa shape index (κ3) is 3.38. The van der Waals surface area contributed by atoms with Gasteiger partial charge in [0.2, 0.25) is 0 Å². The van der Waals surface area contributed by atoms with Crippen molar-refractivity contribution in [1.82, 2.24) is 4.90 Å². The van der Waals surface area contributed by atoms with Crippen molar-refractivity contribution in [2.24, 2.45) is 0 Å². The third-order valence-corrected chi connectivity index (χ3v) is 5.46. The van der Waals surface area contributed by atoms with E-state index in [0.29, 0.717) is 12.5 Å². The summed E-state index contributed by atoms with van der Waals surface area (Å²) in [5.74, 6) is 1.39. The number of hydrogen-bond donors (Lipinski definition) is 0. The van der Waals surface area contributed by atoms with Gasteiger partial charge in [-0.25, -0.2) is 0 Å². The van der Waals surface area contributed by atoms with Gasteiger partial charge in [-0.15, -0.1) is 0 Å². The van der Waals surface area contributed by atoms with E-state index in [0.717, 1.165) is 43.9 Å². The van der Waals surface area contributed by atoms with Crippen molar-refractivity contribution in [3.63, 3.8) is 0 Å². The van der Waals surface area contributed by atoms with Crippen LogP contribution in [0.5, 0.6) is 11.5 Å². The van der Waals surface area contributed by atoms with E-state index in [1.54, 1.807) is 14.2 Å². The number of rotatable bonds is 5. The van der Waals surface area contributed by atoms with Gasteiger partial charge in [-0.3, -0.25) is 9.69 Å². The van der Waals surface area contributed by atoms with Crippen LogP contribution in [0.4, 0.5) is 0 Å². The summed E-state index contributed by atoms with van der Waals surface area (Å²) in [7, 11) is 4.80. The lowest BCUT2D eigenvalue weighted by Crippen LogP contribution is -2.40. The lowest BCUT2D eigenvalue weighted by molar-refractivity contribution is -0.139. The highest BCUT2D eigenvalue weighted by Crippen LogP contribution is 2.44. The molecule has 0 aliphatic carbocycles. The molecule has 5 heteroatoms. The summed E-state index contributed by atoms with van der Waals surface area (Å²) in [4.78, 5) is 14.3. The van der Waals surface area contributed by atoms with E-state index in [2.05, 4.69) is 24.0 Å². The molecule has 0 fully saturated rings. The second-order valence-corrected chi connectivity index (χ2v) is 6.66. The molecule has 0 amide bonds. The minimum Gasteiger partial charge on any atom is -0.493 e. The van der Waals surface area contributed by atoms with Crippen LogP contribution in [-0.4, -0.2) is 45.3 Å². The van der Waals surface area contributed by atoms with Gasteiger partial charge in [0.25, 0.3) is 0 Å². The number of methoxy groups -OCH3 is 3. The summed E-state index contributed by atoms with van der Waals surface area (Å²) in [5.41, 5.74) is 5.22. The molecule has 0 spiro atoms. The fourth-order valence-corrected chi connectivity index (χ4v) is 4.05. The molecular formula is C20H27NO4. The van der Waals surface area contributed by atoms with E-state index in [1.807, 2.05) is 0 Å². The lowest BCUT2D eigenvalue weighted by atomic mass is 9.82. The number of esters is 1. The Balaban J connectivity index is 1.96. The zero-order chi connectivity index (χ0) is 18.0. The van der Waals surface area contributed by atoms with Crippen molar-refractivity contribution in [2.75, 3.05) is 34.4 Å². The molecular weight excluding hydrogens is 318 g/mol. The third-order valence-electron chi connectivity index (χ3n) is 5.46. The maximum absolute atomic E-state index is 11.8. The number of carbonyl (C=O) groups is 1. The highest BCUT2D eigenvalue weighted by Gasteiger charge is 2.34. The normalized spacial score (nSPS) is 19.9. The minimum atomic E-state index is -0.155. The van der Waals surface area contributed by atoms with E-state index in [9.17, 15) is 4.79 Å².